The summed E-state index contributed by atoms with van der Waals surface area (Å²) in [4.78, 5) is 39.8. The molecule has 8 heteroatoms. The van der Waals surface area contributed by atoms with Gasteiger partial charge in [0.25, 0.3) is 5.91 Å². The number of carbonyl (C=O) groups is 3. The Morgan fingerprint density at radius 2 is 1.82 bits per heavy atom. The van der Waals surface area contributed by atoms with Crippen LogP contribution < -0.4 is 20.7 Å². The average molecular weight is 451 g/mol. The molecule has 4 rings (SSSR count). The molecule has 0 unspecified atom stereocenters. The van der Waals surface area contributed by atoms with Gasteiger partial charge in [0.15, 0.2) is 0 Å². The summed E-state index contributed by atoms with van der Waals surface area (Å²) in [6.45, 7) is 2.70. The second-order valence-corrected chi connectivity index (χ2v) is 8.57. The van der Waals surface area contributed by atoms with Crippen molar-refractivity contribution in [2.24, 2.45) is 0 Å². The molecular weight excluding hydrogens is 420 g/mol. The molecule has 0 bridgehead atoms. The second kappa shape index (κ2) is 10.5. The molecule has 1 atom stereocenters. The maximum Gasteiger partial charge on any atom is 0.254 e. The van der Waals surface area contributed by atoms with Gasteiger partial charge >= 0.3 is 0 Å². The number of benzene rings is 2. The van der Waals surface area contributed by atoms with Crippen molar-refractivity contribution in [3.63, 3.8) is 0 Å². The van der Waals surface area contributed by atoms with Crippen molar-refractivity contribution in [1.29, 1.82) is 0 Å². The first-order valence-corrected chi connectivity index (χ1v) is 11.4. The summed E-state index contributed by atoms with van der Waals surface area (Å²) < 4.78 is 5.20. The molecule has 2 aliphatic heterocycles. The van der Waals surface area contributed by atoms with Crippen molar-refractivity contribution in [1.82, 2.24) is 15.5 Å². The number of nitrogens with zero attached hydrogens (tertiary/aromatic N) is 1. The number of nitrogens with one attached hydrogen (secondary N) is 3. The molecule has 2 aromatic rings. The summed E-state index contributed by atoms with van der Waals surface area (Å²) in [5.74, 6) is 0.157. The maximum absolute atomic E-state index is 12.5. The van der Waals surface area contributed by atoms with E-state index in [1.807, 2.05) is 12.1 Å². The van der Waals surface area contributed by atoms with E-state index < -0.39 is 6.04 Å². The van der Waals surface area contributed by atoms with E-state index in [9.17, 15) is 14.4 Å². The highest BCUT2D eigenvalue weighted by molar-refractivity contribution is 6.09. The van der Waals surface area contributed by atoms with Gasteiger partial charge in [-0.15, -0.1) is 0 Å². The van der Waals surface area contributed by atoms with Crippen LogP contribution in [-0.4, -0.2) is 54.9 Å². The minimum Gasteiger partial charge on any atom is -0.497 e. The highest BCUT2D eigenvalue weighted by Gasteiger charge is 2.28. The van der Waals surface area contributed by atoms with Crippen LogP contribution in [0.4, 0.5) is 5.69 Å². The molecule has 3 amide bonds. The molecule has 0 aliphatic carbocycles. The third-order valence-electron chi connectivity index (χ3n) is 6.23. The quantitative estimate of drug-likeness (QED) is 0.601. The lowest BCUT2D eigenvalue weighted by Gasteiger charge is -2.32. The minimum absolute atomic E-state index is 0.0904. The lowest BCUT2D eigenvalue weighted by molar-refractivity contribution is -0.122. The van der Waals surface area contributed by atoms with E-state index in [2.05, 4.69) is 33.0 Å². The van der Waals surface area contributed by atoms with Crippen molar-refractivity contribution in [2.45, 2.75) is 44.3 Å². The molecule has 2 aromatic carbocycles. The topological polar surface area (TPSA) is 99.8 Å². The number of rotatable bonds is 7. The van der Waals surface area contributed by atoms with Gasteiger partial charge in [-0.25, -0.2) is 0 Å². The molecule has 0 aromatic heterocycles. The molecule has 8 nitrogen and oxygen atoms in total. The second-order valence-electron chi connectivity index (χ2n) is 8.57. The van der Waals surface area contributed by atoms with Gasteiger partial charge < -0.3 is 20.7 Å². The Labute approximate surface area is 193 Å². The molecule has 0 radical (unpaired) electrons. The van der Waals surface area contributed by atoms with Crippen LogP contribution in [0.3, 0.4) is 0 Å². The summed E-state index contributed by atoms with van der Waals surface area (Å²) >= 11 is 0. The number of fused-ring (bicyclic) bond motifs is 1. The number of anilines is 1. The van der Waals surface area contributed by atoms with E-state index in [1.165, 1.54) is 5.56 Å². The first-order chi connectivity index (χ1) is 16.0. The van der Waals surface area contributed by atoms with Crippen molar-refractivity contribution in [3.05, 3.63) is 59.7 Å². The van der Waals surface area contributed by atoms with Crippen molar-refractivity contribution in [3.8, 4) is 5.75 Å². The monoisotopic (exact) mass is 450 g/mol. The van der Waals surface area contributed by atoms with Gasteiger partial charge in [0.1, 0.15) is 11.8 Å². The van der Waals surface area contributed by atoms with Crippen LogP contribution in [-0.2, 0) is 16.1 Å². The summed E-state index contributed by atoms with van der Waals surface area (Å²) in [5.41, 5.74) is 2.16. The third-order valence-corrected chi connectivity index (χ3v) is 6.23. The summed E-state index contributed by atoms with van der Waals surface area (Å²) in [6.07, 6.45) is 2.21. The predicted octanol–water partition coefficient (Wildman–Crippen LogP) is 2.31. The van der Waals surface area contributed by atoms with Crippen LogP contribution in [0.5, 0.6) is 5.75 Å². The van der Waals surface area contributed by atoms with Crippen molar-refractivity contribution in [2.75, 3.05) is 25.5 Å². The highest BCUT2D eigenvalue weighted by atomic mass is 16.5. The summed E-state index contributed by atoms with van der Waals surface area (Å²) in [5, 5.41) is 8.60. The fraction of sp³-hybridized carbons (Fsp3) is 0.400. The zero-order chi connectivity index (χ0) is 23.2. The van der Waals surface area contributed by atoms with Gasteiger partial charge in [-0.2, -0.15) is 0 Å². The van der Waals surface area contributed by atoms with Gasteiger partial charge in [-0.05, 0) is 49.1 Å². The fourth-order valence-corrected chi connectivity index (χ4v) is 4.31. The molecule has 2 heterocycles. The molecule has 33 heavy (non-hydrogen) atoms. The molecule has 174 valence electrons. The predicted molar refractivity (Wildman–Crippen MR) is 125 cm³/mol. The van der Waals surface area contributed by atoms with E-state index in [0.717, 1.165) is 38.2 Å². The van der Waals surface area contributed by atoms with Crippen molar-refractivity contribution < 1.29 is 19.1 Å². The van der Waals surface area contributed by atoms with E-state index in [0.29, 0.717) is 11.3 Å². The molecule has 0 spiro atoms. The Balaban J connectivity index is 1.20. The van der Waals surface area contributed by atoms with Crippen LogP contribution in [0.2, 0.25) is 0 Å². The number of amides is 3. The van der Waals surface area contributed by atoms with Crippen LogP contribution in [0, 0.1) is 0 Å². The number of hydrogen-bond acceptors (Lipinski definition) is 5. The number of para-hydroxylation sites is 1. The standard InChI is InChI=1S/C25H30N4O4/c1-33-19-8-6-17(7-9-19)16-29-14-12-18(13-15-29)26-23(30)11-10-22-25(32)27-21-5-3-2-4-20(21)24(31)28-22/h2-9,18,22H,10-16H2,1H3,(H,26,30)(H,27,32)(H,28,31)/t22-/m1/s1. The van der Waals surface area contributed by atoms with Gasteiger partial charge in [0, 0.05) is 32.1 Å². The smallest absolute Gasteiger partial charge is 0.254 e. The number of carbonyl (C=O) groups excluding carboxylic acids is 3. The fourth-order valence-electron chi connectivity index (χ4n) is 4.31. The first-order valence-electron chi connectivity index (χ1n) is 11.4. The number of methoxy groups -OCH3 is 1. The lowest BCUT2D eigenvalue weighted by atomic mass is 10.0. The Kier molecular flexibility index (Phi) is 7.24. The van der Waals surface area contributed by atoms with Crippen LogP contribution in [0.1, 0.15) is 41.6 Å². The minimum atomic E-state index is -0.734. The molecule has 1 fully saturated rings. The van der Waals surface area contributed by atoms with E-state index >= 15 is 0 Å². The van der Waals surface area contributed by atoms with E-state index in [-0.39, 0.29) is 36.6 Å². The first kappa shape index (κ1) is 22.8. The summed E-state index contributed by atoms with van der Waals surface area (Å²) in [7, 11) is 1.66. The Hall–Kier alpha value is -3.39. The van der Waals surface area contributed by atoms with Crippen molar-refractivity contribution >= 4 is 23.4 Å². The number of likely N-dealkylation sites (tertiary alicyclic amines) is 1. The molecule has 2 aliphatic rings. The van der Waals surface area contributed by atoms with Gasteiger partial charge in [-0.3, -0.25) is 19.3 Å². The molecular formula is C25H30N4O4. The molecule has 0 saturated carbocycles. The Morgan fingerprint density at radius 3 is 2.55 bits per heavy atom. The van der Waals surface area contributed by atoms with Gasteiger partial charge in [0.2, 0.25) is 11.8 Å². The van der Waals surface area contributed by atoms with E-state index in [4.69, 9.17) is 4.74 Å². The average Bonchev–Trinajstić information content (AvgIpc) is 2.95. The van der Waals surface area contributed by atoms with Crippen LogP contribution in [0.25, 0.3) is 0 Å². The van der Waals surface area contributed by atoms with E-state index in [1.54, 1.807) is 31.4 Å². The zero-order valence-corrected chi connectivity index (χ0v) is 18.8. The number of hydrogen-bond donors (Lipinski definition) is 3. The Morgan fingerprint density at radius 1 is 1.09 bits per heavy atom. The Bertz CT molecular complexity index is 1000. The largest absolute Gasteiger partial charge is 0.497 e. The highest BCUT2D eigenvalue weighted by Crippen LogP contribution is 2.20. The zero-order valence-electron chi connectivity index (χ0n) is 18.8. The summed E-state index contributed by atoms with van der Waals surface area (Å²) in [6, 6.07) is 14.4. The van der Waals surface area contributed by atoms with Gasteiger partial charge in [0.05, 0.1) is 18.4 Å². The van der Waals surface area contributed by atoms with Crippen LogP contribution in [0.15, 0.2) is 48.5 Å². The molecule has 3 N–H and O–H groups in total. The SMILES string of the molecule is COc1ccc(CN2CCC(NC(=O)CC[C@H]3NC(=O)c4ccccc4NC3=O)CC2)cc1. The lowest BCUT2D eigenvalue weighted by Crippen LogP contribution is -2.45. The third kappa shape index (κ3) is 5.90. The number of ether oxygens (including phenoxy) is 1. The normalized spacial score (nSPS) is 19.1. The molecule has 1 saturated heterocycles. The maximum atomic E-state index is 12.5. The van der Waals surface area contributed by atoms with Gasteiger partial charge in [-0.1, -0.05) is 24.3 Å². The van der Waals surface area contributed by atoms with Crippen LogP contribution >= 0.6 is 0 Å². The number of piperidine rings is 1.